The molecule has 0 spiro atoms. The van der Waals surface area contributed by atoms with Gasteiger partial charge in [-0.05, 0) is 23.8 Å². The topological polar surface area (TPSA) is 56.1 Å². The fourth-order valence-corrected chi connectivity index (χ4v) is 1.95. The van der Waals surface area contributed by atoms with Gasteiger partial charge in [0.15, 0.2) is 0 Å². The lowest BCUT2D eigenvalue weighted by molar-refractivity contribution is -0.117. The van der Waals surface area contributed by atoms with Crippen LogP contribution < -0.4 is 10.1 Å². The van der Waals surface area contributed by atoms with Crippen LogP contribution in [0.25, 0.3) is 0 Å². The lowest BCUT2D eigenvalue weighted by Crippen LogP contribution is -2.29. The van der Waals surface area contributed by atoms with Crippen molar-refractivity contribution in [1.82, 2.24) is 14.9 Å². The van der Waals surface area contributed by atoms with Crippen LogP contribution in [0.15, 0.2) is 49.3 Å². The van der Waals surface area contributed by atoms with Crippen molar-refractivity contribution < 1.29 is 9.53 Å². The predicted octanol–water partition coefficient (Wildman–Crippen LogP) is 1.82. The largest absolute Gasteiger partial charge is 0.497 e. The van der Waals surface area contributed by atoms with Crippen molar-refractivity contribution in [3.8, 4) is 5.75 Å². The van der Waals surface area contributed by atoms with Crippen molar-refractivity contribution in [3.63, 3.8) is 0 Å². The van der Waals surface area contributed by atoms with E-state index in [0.29, 0.717) is 0 Å². The second kappa shape index (κ2) is 6.06. The summed E-state index contributed by atoms with van der Waals surface area (Å²) in [5, 5.41) is 2.88. The SMILES string of the molecule is C=CC(=O)NC(c1ccc(OC)cc1)c1nccn1C. The molecule has 20 heavy (non-hydrogen) atoms. The van der Waals surface area contributed by atoms with Crippen molar-refractivity contribution >= 4 is 5.91 Å². The minimum atomic E-state index is -0.327. The molecule has 1 unspecified atom stereocenters. The number of rotatable bonds is 5. The molecule has 1 aromatic carbocycles. The van der Waals surface area contributed by atoms with Gasteiger partial charge in [0.25, 0.3) is 0 Å². The Hall–Kier alpha value is -2.56. The Bertz CT molecular complexity index is 602. The first-order chi connectivity index (χ1) is 9.65. The third-order valence-corrected chi connectivity index (χ3v) is 3.04. The first-order valence-electron chi connectivity index (χ1n) is 6.19. The molecule has 0 aliphatic carbocycles. The van der Waals surface area contributed by atoms with E-state index >= 15 is 0 Å². The molecule has 2 aromatic rings. The van der Waals surface area contributed by atoms with Crippen LogP contribution in [0.4, 0.5) is 0 Å². The lowest BCUT2D eigenvalue weighted by atomic mass is 10.1. The minimum Gasteiger partial charge on any atom is -0.497 e. The molecular weight excluding hydrogens is 254 g/mol. The number of methoxy groups -OCH3 is 1. The molecule has 0 saturated carbocycles. The maximum absolute atomic E-state index is 11.6. The molecule has 0 bridgehead atoms. The summed E-state index contributed by atoms with van der Waals surface area (Å²) in [5.41, 5.74) is 0.926. The van der Waals surface area contributed by atoms with Crippen LogP contribution in [0.3, 0.4) is 0 Å². The van der Waals surface area contributed by atoms with E-state index in [1.165, 1.54) is 6.08 Å². The van der Waals surface area contributed by atoms with Crippen molar-refractivity contribution in [3.05, 3.63) is 60.7 Å². The molecule has 1 aromatic heterocycles. The number of hydrogen-bond donors (Lipinski definition) is 1. The average molecular weight is 271 g/mol. The van der Waals surface area contributed by atoms with Gasteiger partial charge in [-0.2, -0.15) is 0 Å². The second-order valence-corrected chi connectivity index (χ2v) is 4.32. The van der Waals surface area contributed by atoms with E-state index in [-0.39, 0.29) is 11.9 Å². The molecule has 0 saturated heterocycles. The van der Waals surface area contributed by atoms with Crippen LogP contribution >= 0.6 is 0 Å². The van der Waals surface area contributed by atoms with Crippen LogP contribution in [0.5, 0.6) is 5.75 Å². The highest BCUT2D eigenvalue weighted by atomic mass is 16.5. The van der Waals surface area contributed by atoms with Crippen LogP contribution in [0.1, 0.15) is 17.4 Å². The van der Waals surface area contributed by atoms with Crippen LogP contribution in [0.2, 0.25) is 0 Å². The van der Waals surface area contributed by atoms with Crippen molar-refractivity contribution in [1.29, 1.82) is 0 Å². The monoisotopic (exact) mass is 271 g/mol. The van der Waals surface area contributed by atoms with Crippen molar-refractivity contribution in [2.45, 2.75) is 6.04 Å². The maximum atomic E-state index is 11.6. The van der Waals surface area contributed by atoms with Gasteiger partial charge < -0.3 is 14.6 Å². The molecule has 5 heteroatoms. The Kier molecular flexibility index (Phi) is 4.20. The van der Waals surface area contributed by atoms with Gasteiger partial charge in [-0.15, -0.1) is 0 Å². The lowest BCUT2D eigenvalue weighted by Gasteiger charge is -2.18. The van der Waals surface area contributed by atoms with Gasteiger partial charge in [-0.1, -0.05) is 18.7 Å². The van der Waals surface area contributed by atoms with Gasteiger partial charge >= 0.3 is 0 Å². The molecule has 0 aliphatic heterocycles. The summed E-state index contributed by atoms with van der Waals surface area (Å²) in [7, 11) is 3.50. The van der Waals surface area contributed by atoms with E-state index in [1.54, 1.807) is 13.3 Å². The maximum Gasteiger partial charge on any atom is 0.244 e. The zero-order chi connectivity index (χ0) is 14.5. The van der Waals surface area contributed by atoms with Crippen LogP contribution in [0, 0.1) is 0 Å². The zero-order valence-electron chi connectivity index (χ0n) is 11.5. The Morgan fingerprint density at radius 2 is 2.15 bits per heavy atom. The molecule has 1 amide bonds. The van der Waals surface area contributed by atoms with Crippen molar-refractivity contribution in [2.24, 2.45) is 7.05 Å². The smallest absolute Gasteiger partial charge is 0.244 e. The van der Waals surface area contributed by atoms with Gasteiger partial charge in [-0.25, -0.2) is 4.98 Å². The average Bonchev–Trinajstić information content (AvgIpc) is 2.90. The molecule has 0 radical (unpaired) electrons. The fraction of sp³-hybridized carbons (Fsp3) is 0.200. The van der Waals surface area contributed by atoms with E-state index < -0.39 is 0 Å². The molecule has 1 heterocycles. The number of nitrogens with zero attached hydrogens (tertiary/aromatic N) is 2. The molecule has 0 fully saturated rings. The normalized spacial score (nSPS) is 11.7. The molecule has 1 atom stereocenters. The molecule has 0 aliphatic rings. The number of aromatic nitrogens is 2. The summed E-state index contributed by atoms with van der Waals surface area (Å²) in [5.74, 6) is 1.28. The number of amides is 1. The highest BCUT2D eigenvalue weighted by molar-refractivity contribution is 5.87. The number of carbonyl (C=O) groups excluding carboxylic acids is 1. The molecule has 5 nitrogen and oxygen atoms in total. The Balaban J connectivity index is 2.37. The summed E-state index contributed by atoms with van der Waals surface area (Å²) in [4.78, 5) is 15.9. The summed E-state index contributed by atoms with van der Waals surface area (Å²) < 4.78 is 7.01. The van der Waals surface area contributed by atoms with Gasteiger partial charge in [0.2, 0.25) is 5.91 Å². The van der Waals surface area contributed by atoms with E-state index in [0.717, 1.165) is 17.1 Å². The zero-order valence-corrected chi connectivity index (χ0v) is 11.5. The second-order valence-electron chi connectivity index (χ2n) is 4.32. The number of hydrogen-bond acceptors (Lipinski definition) is 3. The van der Waals surface area contributed by atoms with Gasteiger partial charge in [-0.3, -0.25) is 4.79 Å². The van der Waals surface area contributed by atoms with Gasteiger partial charge in [0, 0.05) is 19.4 Å². The number of nitrogens with one attached hydrogen (secondary N) is 1. The third-order valence-electron chi connectivity index (χ3n) is 3.04. The standard InChI is InChI=1S/C15H17N3O2/c1-4-13(19)17-14(15-16-9-10-18(15)2)11-5-7-12(20-3)8-6-11/h4-10,14H,1H2,2-3H3,(H,17,19). The quantitative estimate of drug-likeness (QED) is 0.844. The van der Waals surface area contributed by atoms with Crippen LogP contribution in [-0.4, -0.2) is 22.6 Å². The number of ether oxygens (including phenoxy) is 1. The van der Waals surface area contributed by atoms with Crippen molar-refractivity contribution in [2.75, 3.05) is 7.11 Å². The Labute approximate surface area is 117 Å². The number of benzene rings is 1. The fourth-order valence-electron chi connectivity index (χ4n) is 1.95. The predicted molar refractivity (Wildman–Crippen MR) is 76.4 cm³/mol. The molecule has 2 rings (SSSR count). The molecule has 1 N–H and O–H groups in total. The van der Waals surface area contributed by atoms with E-state index in [9.17, 15) is 4.79 Å². The summed E-state index contributed by atoms with van der Waals surface area (Å²) in [6.07, 6.45) is 4.79. The first kappa shape index (κ1) is 13.9. The highest BCUT2D eigenvalue weighted by Crippen LogP contribution is 2.22. The number of imidazole rings is 1. The first-order valence-corrected chi connectivity index (χ1v) is 6.19. The van der Waals surface area contributed by atoms with E-state index in [2.05, 4.69) is 16.9 Å². The van der Waals surface area contributed by atoms with E-state index in [4.69, 9.17) is 4.74 Å². The molecule has 104 valence electrons. The van der Waals surface area contributed by atoms with Gasteiger partial charge in [0.05, 0.1) is 7.11 Å². The summed E-state index contributed by atoms with van der Waals surface area (Å²) >= 11 is 0. The van der Waals surface area contributed by atoms with Crippen LogP contribution in [-0.2, 0) is 11.8 Å². The Morgan fingerprint density at radius 1 is 1.45 bits per heavy atom. The number of carbonyl (C=O) groups is 1. The summed E-state index contributed by atoms with van der Waals surface area (Å²) in [6.45, 7) is 3.48. The Morgan fingerprint density at radius 3 is 2.65 bits per heavy atom. The highest BCUT2D eigenvalue weighted by Gasteiger charge is 2.19. The third kappa shape index (κ3) is 2.88. The summed E-state index contributed by atoms with van der Waals surface area (Å²) in [6, 6.07) is 7.19. The number of aryl methyl sites for hydroxylation is 1. The minimum absolute atomic E-state index is 0.242. The van der Waals surface area contributed by atoms with Gasteiger partial charge in [0.1, 0.15) is 17.6 Å². The van der Waals surface area contributed by atoms with E-state index in [1.807, 2.05) is 42.1 Å². The molecular formula is C15H17N3O2.